The molecule has 13 N–H and O–H groups in total. The van der Waals surface area contributed by atoms with E-state index in [0.717, 1.165) is 10.9 Å². The maximum Gasteiger partial charge on any atom is 0.326 e. The third-order valence-electron chi connectivity index (χ3n) is 6.84. The summed E-state index contributed by atoms with van der Waals surface area (Å²) < 4.78 is 0. The second-order valence-corrected chi connectivity index (χ2v) is 10.2. The number of carboxylic acids is 1. The molecule has 0 radical (unpaired) electrons. The second kappa shape index (κ2) is 15.9. The highest BCUT2D eigenvalue weighted by atomic mass is 16.4. The van der Waals surface area contributed by atoms with E-state index in [1.165, 1.54) is 12.1 Å². The summed E-state index contributed by atoms with van der Waals surface area (Å²) in [6.07, 6.45) is 1.98. The molecule has 0 aliphatic rings. The zero-order valence-corrected chi connectivity index (χ0v) is 23.9. The molecule has 2 aromatic carbocycles. The summed E-state index contributed by atoms with van der Waals surface area (Å²) in [6, 6.07) is 8.26. The first-order chi connectivity index (χ1) is 21.0. The average Bonchev–Trinajstić information content (AvgIpc) is 3.40. The number of aromatic amines is 1. The van der Waals surface area contributed by atoms with E-state index >= 15 is 0 Å². The van der Waals surface area contributed by atoms with E-state index in [-0.39, 0.29) is 43.9 Å². The highest BCUT2D eigenvalue weighted by Gasteiger charge is 2.30. The van der Waals surface area contributed by atoms with Gasteiger partial charge in [0.05, 0.1) is 12.6 Å². The Hall–Kier alpha value is -5.15. The van der Waals surface area contributed by atoms with Crippen LogP contribution >= 0.6 is 0 Å². The van der Waals surface area contributed by atoms with Crippen LogP contribution in [-0.2, 0) is 32.0 Å². The quantitative estimate of drug-likeness (QED) is 0.0513. The maximum atomic E-state index is 13.3. The predicted octanol–water partition coefficient (Wildman–Crippen LogP) is -1.43. The third-order valence-corrected chi connectivity index (χ3v) is 6.84. The molecule has 3 amide bonds. The minimum Gasteiger partial charge on any atom is -0.508 e. The maximum absolute atomic E-state index is 13.3. The van der Waals surface area contributed by atoms with Crippen LogP contribution in [0.3, 0.4) is 0 Å². The number of H-pyrrole nitrogens is 1. The van der Waals surface area contributed by atoms with Gasteiger partial charge in [-0.2, -0.15) is 0 Å². The van der Waals surface area contributed by atoms with E-state index in [9.17, 15) is 34.5 Å². The second-order valence-electron chi connectivity index (χ2n) is 10.2. The normalized spacial score (nSPS) is 13.7. The molecule has 0 saturated heterocycles. The molecule has 0 aliphatic carbocycles. The molecule has 4 unspecified atom stereocenters. The SMILES string of the molecule is NC(N)=NCCCC(NC(=O)C(CO)NC(=O)C(N)Cc1ccc(O)cc1)C(=O)NC(Cc1c[nH]c2ccccc12)C(=O)O. The standard InChI is InChI=1S/C29H38N8O7/c30-20(12-16-7-9-18(39)10-8-16)25(40)37-24(15-38)27(42)35-22(6-3-11-33-29(31)32)26(41)36-23(28(43)44)13-17-14-34-21-5-2-1-4-19(17)21/h1-2,4-5,7-10,14,20,22-24,34,38-39H,3,6,11-13,15,30H2,(H,35,42)(H,36,41)(H,37,40)(H,43,44)(H4,31,32,33). The van der Waals surface area contributed by atoms with E-state index in [1.54, 1.807) is 18.3 Å². The zero-order valence-electron chi connectivity index (χ0n) is 23.9. The van der Waals surface area contributed by atoms with Gasteiger partial charge in [-0.3, -0.25) is 19.4 Å². The van der Waals surface area contributed by atoms with Crippen LogP contribution in [0.1, 0.15) is 24.0 Å². The van der Waals surface area contributed by atoms with Gasteiger partial charge in [-0.05, 0) is 48.6 Å². The predicted molar refractivity (Wildman–Crippen MR) is 162 cm³/mol. The summed E-state index contributed by atoms with van der Waals surface area (Å²) >= 11 is 0. The number of carbonyl (C=O) groups is 4. The smallest absolute Gasteiger partial charge is 0.326 e. The minimum absolute atomic E-state index is 0.0141. The van der Waals surface area contributed by atoms with Crippen LogP contribution in [0.15, 0.2) is 59.7 Å². The first-order valence-corrected chi connectivity index (χ1v) is 13.9. The van der Waals surface area contributed by atoms with Gasteiger partial charge in [0.15, 0.2) is 5.96 Å². The Balaban J connectivity index is 1.69. The number of hydrogen-bond acceptors (Lipinski definition) is 8. The van der Waals surface area contributed by atoms with E-state index in [1.807, 2.05) is 24.3 Å². The fourth-order valence-corrected chi connectivity index (χ4v) is 4.49. The summed E-state index contributed by atoms with van der Waals surface area (Å²) in [5.74, 6) is -3.80. The van der Waals surface area contributed by atoms with Crippen molar-refractivity contribution in [3.63, 3.8) is 0 Å². The Morgan fingerprint density at radius 1 is 0.864 bits per heavy atom. The molecule has 15 nitrogen and oxygen atoms in total. The number of hydrogen-bond donors (Lipinski definition) is 10. The number of nitrogens with one attached hydrogen (secondary N) is 4. The van der Waals surface area contributed by atoms with Crippen LogP contribution in [0.5, 0.6) is 5.75 Å². The summed E-state index contributed by atoms with van der Waals surface area (Å²) in [6.45, 7) is -0.671. The van der Waals surface area contributed by atoms with Crippen LogP contribution in [-0.4, -0.2) is 87.3 Å². The Kier molecular flexibility index (Phi) is 12.1. The van der Waals surface area contributed by atoms with Crippen molar-refractivity contribution in [3.8, 4) is 5.75 Å². The van der Waals surface area contributed by atoms with Crippen molar-refractivity contribution in [1.29, 1.82) is 0 Å². The van der Waals surface area contributed by atoms with Gasteiger partial charge < -0.3 is 53.5 Å². The average molecular weight is 611 g/mol. The molecule has 0 fully saturated rings. The molecule has 0 saturated carbocycles. The lowest BCUT2D eigenvalue weighted by molar-refractivity contribution is -0.142. The van der Waals surface area contributed by atoms with Gasteiger partial charge in [-0.25, -0.2) is 4.79 Å². The molecule has 4 atom stereocenters. The van der Waals surface area contributed by atoms with Crippen molar-refractivity contribution in [2.24, 2.45) is 22.2 Å². The molecule has 0 spiro atoms. The summed E-state index contributed by atoms with van der Waals surface area (Å²) in [5.41, 5.74) is 18.8. The van der Waals surface area contributed by atoms with Crippen molar-refractivity contribution in [2.45, 2.75) is 49.9 Å². The number of phenols is 1. The van der Waals surface area contributed by atoms with Crippen molar-refractivity contribution in [3.05, 3.63) is 65.9 Å². The molecule has 15 heteroatoms. The van der Waals surface area contributed by atoms with Gasteiger partial charge in [0, 0.05) is 30.1 Å². The Morgan fingerprint density at radius 3 is 2.16 bits per heavy atom. The summed E-state index contributed by atoms with van der Waals surface area (Å²) in [4.78, 5) is 58.1. The number of rotatable bonds is 16. The van der Waals surface area contributed by atoms with E-state index < -0.39 is 54.5 Å². The molecule has 3 rings (SSSR count). The number of aromatic hydroxyl groups is 1. The van der Waals surface area contributed by atoms with Gasteiger partial charge in [0.2, 0.25) is 17.7 Å². The lowest BCUT2D eigenvalue weighted by Gasteiger charge is -2.24. The highest BCUT2D eigenvalue weighted by molar-refractivity contribution is 5.94. The van der Waals surface area contributed by atoms with Crippen molar-refractivity contribution in [2.75, 3.05) is 13.2 Å². The Bertz CT molecular complexity index is 1470. The number of aliphatic hydroxyl groups is 1. The number of carboxylic acid groups (broad SMARTS) is 1. The molecular weight excluding hydrogens is 572 g/mol. The van der Waals surface area contributed by atoms with E-state index in [0.29, 0.717) is 11.1 Å². The number of benzene rings is 2. The van der Waals surface area contributed by atoms with Crippen LogP contribution < -0.4 is 33.2 Å². The number of amides is 3. The van der Waals surface area contributed by atoms with Crippen LogP contribution in [0.2, 0.25) is 0 Å². The minimum atomic E-state index is -1.46. The number of nitrogens with zero attached hydrogens (tertiary/aromatic N) is 1. The van der Waals surface area contributed by atoms with Gasteiger partial charge in [0.1, 0.15) is 23.9 Å². The summed E-state index contributed by atoms with van der Waals surface area (Å²) in [7, 11) is 0. The lowest BCUT2D eigenvalue weighted by atomic mass is 10.0. The number of aliphatic hydroxyl groups excluding tert-OH is 1. The number of aliphatic imine (C=N–C) groups is 1. The molecular formula is C29H38N8O7. The zero-order chi connectivity index (χ0) is 32.2. The van der Waals surface area contributed by atoms with Crippen LogP contribution in [0.25, 0.3) is 10.9 Å². The number of carbonyl (C=O) groups excluding carboxylic acids is 3. The molecule has 44 heavy (non-hydrogen) atoms. The number of aromatic nitrogens is 1. The van der Waals surface area contributed by atoms with Gasteiger partial charge in [-0.1, -0.05) is 30.3 Å². The first kappa shape index (κ1) is 33.4. The fourth-order valence-electron chi connectivity index (χ4n) is 4.49. The van der Waals surface area contributed by atoms with Gasteiger partial charge >= 0.3 is 5.97 Å². The number of phenolic OH excluding ortho intramolecular Hbond substituents is 1. The highest BCUT2D eigenvalue weighted by Crippen LogP contribution is 2.19. The molecule has 3 aromatic rings. The third kappa shape index (κ3) is 9.71. The Labute approximate surface area is 252 Å². The van der Waals surface area contributed by atoms with Crippen molar-refractivity contribution in [1.82, 2.24) is 20.9 Å². The number of para-hydroxylation sites is 1. The van der Waals surface area contributed by atoms with Crippen molar-refractivity contribution < 1.29 is 34.5 Å². The number of nitrogens with two attached hydrogens (primary N) is 3. The fraction of sp³-hybridized carbons (Fsp3) is 0.345. The van der Waals surface area contributed by atoms with Gasteiger partial charge in [0.25, 0.3) is 0 Å². The van der Waals surface area contributed by atoms with Crippen LogP contribution in [0, 0.1) is 0 Å². The van der Waals surface area contributed by atoms with Crippen LogP contribution in [0.4, 0.5) is 0 Å². The number of guanidine groups is 1. The van der Waals surface area contributed by atoms with E-state index in [2.05, 4.69) is 25.9 Å². The topological polar surface area (TPSA) is 271 Å². The molecule has 0 bridgehead atoms. The Morgan fingerprint density at radius 2 is 1.50 bits per heavy atom. The lowest BCUT2D eigenvalue weighted by Crippen LogP contribution is -2.58. The van der Waals surface area contributed by atoms with Gasteiger partial charge in [-0.15, -0.1) is 0 Å². The first-order valence-electron chi connectivity index (χ1n) is 13.9. The monoisotopic (exact) mass is 610 g/mol. The number of fused-ring (bicyclic) bond motifs is 1. The summed E-state index contributed by atoms with van der Waals surface area (Å²) in [5, 5.41) is 37.3. The van der Waals surface area contributed by atoms with Crippen molar-refractivity contribution >= 4 is 40.6 Å². The molecule has 1 heterocycles. The van der Waals surface area contributed by atoms with E-state index in [4.69, 9.17) is 17.2 Å². The largest absolute Gasteiger partial charge is 0.508 e. The molecule has 0 aliphatic heterocycles. The molecule has 1 aromatic heterocycles. The number of aliphatic carboxylic acids is 1. The molecule has 236 valence electrons.